The van der Waals surface area contributed by atoms with Gasteiger partial charge in [0.25, 0.3) is 5.56 Å². The van der Waals surface area contributed by atoms with E-state index in [1.54, 1.807) is 13.1 Å². The number of nitrogens with zero attached hydrogens (tertiary/aromatic N) is 4. The van der Waals surface area contributed by atoms with Crippen molar-refractivity contribution in [3.8, 4) is 11.3 Å². The zero-order valence-electron chi connectivity index (χ0n) is 13.2. The first-order chi connectivity index (χ1) is 11.8. The summed E-state index contributed by atoms with van der Waals surface area (Å²) in [7, 11) is -2.03. The first-order valence-corrected chi connectivity index (χ1v) is 9.88. The van der Waals surface area contributed by atoms with Crippen LogP contribution in [0.2, 0.25) is 0 Å². The maximum absolute atomic E-state index is 12.3. The molecule has 4 aromatic rings. The second-order valence-corrected chi connectivity index (χ2v) is 8.51. The maximum atomic E-state index is 12.3. The van der Waals surface area contributed by atoms with Crippen LogP contribution in [0.15, 0.2) is 44.8 Å². The summed E-state index contributed by atoms with van der Waals surface area (Å²) in [6, 6.07) is 9.32. The van der Waals surface area contributed by atoms with Crippen LogP contribution >= 0.6 is 15.9 Å². The van der Waals surface area contributed by atoms with E-state index in [9.17, 15) is 13.2 Å². The Balaban J connectivity index is 2.10. The molecule has 3 aromatic heterocycles. The predicted molar refractivity (Wildman–Crippen MR) is 96.3 cm³/mol. The molecular formula is C15H12BrN5O3S. The summed E-state index contributed by atoms with van der Waals surface area (Å²) in [6.07, 6.45) is 1.05. The van der Waals surface area contributed by atoms with Gasteiger partial charge < -0.3 is 9.55 Å². The Morgan fingerprint density at radius 1 is 1.24 bits per heavy atom. The third-order valence-electron chi connectivity index (χ3n) is 3.84. The maximum Gasteiger partial charge on any atom is 0.279 e. The van der Waals surface area contributed by atoms with E-state index in [1.807, 2.05) is 24.3 Å². The average molecular weight is 422 g/mol. The van der Waals surface area contributed by atoms with Crippen LogP contribution in [0.1, 0.15) is 0 Å². The van der Waals surface area contributed by atoms with Gasteiger partial charge in [0.15, 0.2) is 11.2 Å². The number of rotatable bonds is 2. The van der Waals surface area contributed by atoms with Crippen LogP contribution in [0, 0.1) is 0 Å². The second kappa shape index (κ2) is 5.27. The van der Waals surface area contributed by atoms with Gasteiger partial charge in [0.1, 0.15) is 5.65 Å². The highest BCUT2D eigenvalue weighted by atomic mass is 79.9. The molecular weight excluding hydrogens is 410 g/mol. The molecule has 0 aliphatic carbocycles. The fourth-order valence-corrected chi connectivity index (χ4v) is 4.03. The van der Waals surface area contributed by atoms with Crippen LogP contribution in [0.5, 0.6) is 0 Å². The number of aryl methyl sites for hydroxylation is 1. The Labute approximate surface area is 150 Å². The molecule has 0 spiro atoms. The van der Waals surface area contributed by atoms with Gasteiger partial charge in [-0.05, 0) is 12.1 Å². The first-order valence-electron chi connectivity index (χ1n) is 7.20. The Hall–Kier alpha value is -2.46. The van der Waals surface area contributed by atoms with Crippen LogP contribution in [0.4, 0.5) is 0 Å². The van der Waals surface area contributed by atoms with Gasteiger partial charge in [-0.15, -0.1) is 0 Å². The number of imidazole rings is 1. The fraction of sp³-hybridized carbons (Fsp3) is 0.133. The molecule has 0 amide bonds. The normalized spacial score (nSPS) is 12.3. The standard InChI is InChI=1S/C15H12BrN5O3S/c1-20-14-12(18-15(20)25(2,23)24)13(22)17-11-7-10(19-21(11)14)8-4-3-5-9(16)6-8/h3-7H,1-2H3,(H,17,22). The highest BCUT2D eigenvalue weighted by Crippen LogP contribution is 2.24. The zero-order chi connectivity index (χ0) is 17.9. The van der Waals surface area contributed by atoms with E-state index in [0.717, 1.165) is 16.3 Å². The number of hydrogen-bond acceptors (Lipinski definition) is 5. The van der Waals surface area contributed by atoms with E-state index in [0.29, 0.717) is 17.0 Å². The lowest BCUT2D eigenvalue weighted by atomic mass is 10.2. The SMILES string of the molecule is Cn1c(S(C)(=O)=O)nc2c(=O)[nH]c3cc(-c4cccc(Br)c4)nn3c21. The van der Waals surface area contributed by atoms with Crippen LogP contribution in [-0.4, -0.2) is 38.8 Å². The third-order valence-corrected chi connectivity index (χ3v) is 5.36. The number of fused-ring (bicyclic) bond motifs is 3. The van der Waals surface area contributed by atoms with Crippen molar-refractivity contribution >= 4 is 42.6 Å². The number of benzene rings is 1. The molecule has 0 saturated heterocycles. The molecule has 3 heterocycles. The summed E-state index contributed by atoms with van der Waals surface area (Å²) in [5.41, 5.74) is 1.84. The summed E-state index contributed by atoms with van der Waals surface area (Å²) in [4.78, 5) is 19.0. The lowest BCUT2D eigenvalue weighted by Crippen LogP contribution is -2.11. The summed E-state index contributed by atoms with van der Waals surface area (Å²) in [5, 5.41) is 4.34. The number of aromatic nitrogens is 5. The largest absolute Gasteiger partial charge is 0.305 e. The van der Waals surface area contributed by atoms with E-state index >= 15 is 0 Å². The lowest BCUT2D eigenvalue weighted by molar-refractivity contribution is 0.586. The fourth-order valence-electron chi connectivity index (χ4n) is 2.79. The Morgan fingerprint density at radius 3 is 2.68 bits per heavy atom. The van der Waals surface area contributed by atoms with Gasteiger partial charge in [0.2, 0.25) is 15.0 Å². The van der Waals surface area contributed by atoms with Crippen molar-refractivity contribution in [2.45, 2.75) is 5.16 Å². The average Bonchev–Trinajstić information content (AvgIpc) is 3.08. The van der Waals surface area contributed by atoms with Crippen LogP contribution in [0.3, 0.4) is 0 Å². The van der Waals surface area contributed by atoms with Crippen LogP contribution in [0.25, 0.3) is 28.1 Å². The van der Waals surface area contributed by atoms with Gasteiger partial charge >= 0.3 is 0 Å². The zero-order valence-corrected chi connectivity index (χ0v) is 15.6. The van der Waals surface area contributed by atoms with Crippen LogP contribution in [-0.2, 0) is 16.9 Å². The molecule has 0 atom stereocenters. The van der Waals surface area contributed by atoms with E-state index in [4.69, 9.17) is 0 Å². The number of hydrogen-bond donors (Lipinski definition) is 1. The monoisotopic (exact) mass is 421 g/mol. The van der Waals surface area contributed by atoms with Gasteiger partial charge in [-0.2, -0.15) is 9.61 Å². The van der Waals surface area contributed by atoms with E-state index in [-0.39, 0.29) is 10.7 Å². The molecule has 8 nitrogen and oxygen atoms in total. The molecule has 128 valence electrons. The van der Waals surface area contributed by atoms with E-state index in [2.05, 4.69) is 31.0 Å². The smallest absolute Gasteiger partial charge is 0.279 e. The number of nitrogens with one attached hydrogen (secondary N) is 1. The van der Waals surface area contributed by atoms with Gasteiger partial charge in [-0.1, -0.05) is 28.1 Å². The Morgan fingerprint density at radius 2 is 2.00 bits per heavy atom. The molecule has 0 unspecified atom stereocenters. The molecule has 1 aromatic carbocycles. The number of halogens is 1. The van der Waals surface area contributed by atoms with Gasteiger partial charge in [0, 0.05) is 29.4 Å². The van der Waals surface area contributed by atoms with Crippen molar-refractivity contribution in [2.75, 3.05) is 6.26 Å². The highest BCUT2D eigenvalue weighted by Gasteiger charge is 2.22. The van der Waals surface area contributed by atoms with Gasteiger partial charge in [0.05, 0.1) is 5.69 Å². The molecule has 0 aliphatic heterocycles. The summed E-state index contributed by atoms with van der Waals surface area (Å²) in [5.74, 6) is 0. The molecule has 10 heteroatoms. The second-order valence-electron chi connectivity index (χ2n) is 5.69. The van der Waals surface area contributed by atoms with Gasteiger partial charge in [-0.25, -0.2) is 13.4 Å². The summed E-state index contributed by atoms with van der Waals surface area (Å²) in [6.45, 7) is 0. The quantitative estimate of drug-likeness (QED) is 0.530. The van der Waals surface area contributed by atoms with Crippen molar-refractivity contribution in [1.29, 1.82) is 0 Å². The van der Waals surface area contributed by atoms with Crippen molar-refractivity contribution < 1.29 is 8.42 Å². The van der Waals surface area contributed by atoms with E-state index < -0.39 is 15.4 Å². The minimum atomic E-state index is -3.58. The topological polar surface area (TPSA) is 102 Å². The Kier molecular flexibility index (Phi) is 3.38. The molecule has 0 saturated carbocycles. The number of aromatic amines is 1. The van der Waals surface area contributed by atoms with Gasteiger partial charge in [-0.3, -0.25) is 4.79 Å². The minimum Gasteiger partial charge on any atom is -0.305 e. The lowest BCUT2D eigenvalue weighted by Gasteiger charge is -2.01. The molecule has 0 fully saturated rings. The van der Waals surface area contributed by atoms with Crippen molar-refractivity contribution in [1.82, 2.24) is 24.1 Å². The van der Waals surface area contributed by atoms with Crippen molar-refractivity contribution in [2.24, 2.45) is 7.05 Å². The van der Waals surface area contributed by atoms with Crippen molar-refractivity contribution in [3.05, 3.63) is 45.2 Å². The molecule has 1 N–H and O–H groups in total. The molecule has 25 heavy (non-hydrogen) atoms. The first kappa shape index (κ1) is 16.0. The Bertz CT molecular complexity index is 1320. The molecule has 4 rings (SSSR count). The minimum absolute atomic E-state index is 0.0271. The molecule has 0 aliphatic rings. The summed E-state index contributed by atoms with van der Waals surface area (Å²) >= 11 is 3.42. The molecule has 0 bridgehead atoms. The van der Waals surface area contributed by atoms with Crippen LogP contribution < -0.4 is 5.56 Å². The molecule has 0 radical (unpaired) electrons. The third kappa shape index (κ3) is 2.48. The highest BCUT2D eigenvalue weighted by molar-refractivity contribution is 9.10. The number of sulfone groups is 1. The predicted octanol–water partition coefficient (Wildman–Crippen LogP) is 1.74. The number of H-pyrrole nitrogens is 1. The summed E-state index contributed by atoms with van der Waals surface area (Å²) < 4.78 is 27.6. The van der Waals surface area contributed by atoms with E-state index in [1.165, 1.54) is 9.08 Å². The van der Waals surface area contributed by atoms with Crippen molar-refractivity contribution in [3.63, 3.8) is 0 Å².